The van der Waals surface area contributed by atoms with Gasteiger partial charge in [-0.2, -0.15) is 0 Å². The first-order valence-corrected chi connectivity index (χ1v) is 18.3. The lowest BCUT2D eigenvalue weighted by atomic mass is 9.97. The Morgan fingerprint density at radius 1 is 0.278 bits per heavy atom. The van der Waals surface area contributed by atoms with Crippen molar-refractivity contribution in [2.45, 2.75) is 0 Å². The standard InChI is InChI=1S/C49H29N5/c1-3-13-31(14-4-1)47-50-48(32-15-5-2-6-16-32)52-49(51-47)33-25-23-30(24-26-33)34-27-28-38-42(29-34)54-41-22-12-11-21-40(41)53-39-20-10-9-19-37(39)43-35-17-7-8-18-36(35)44(38)46(54)45(43)53/h1-29H. The van der Waals surface area contributed by atoms with Crippen LogP contribution >= 0.6 is 0 Å². The molecule has 0 saturated heterocycles. The quantitative estimate of drug-likeness (QED) is 0.173. The predicted octanol–water partition coefficient (Wildman–Crippen LogP) is 12.2. The second-order valence-electron chi connectivity index (χ2n) is 14.0. The van der Waals surface area contributed by atoms with Crippen LogP contribution in [0.3, 0.4) is 0 Å². The Bertz CT molecular complexity index is 3320. The number of nitrogens with zero attached hydrogens (tertiary/aromatic N) is 5. The zero-order valence-electron chi connectivity index (χ0n) is 29.0. The molecule has 0 fully saturated rings. The lowest BCUT2D eigenvalue weighted by Gasteiger charge is -2.13. The fourth-order valence-corrected chi connectivity index (χ4v) is 8.71. The minimum atomic E-state index is 0.648. The van der Waals surface area contributed by atoms with Gasteiger partial charge >= 0.3 is 0 Å². The molecule has 0 amide bonds. The van der Waals surface area contributed by atoms with Crippen molar-refractivity contribution in [1.82, 2.24) is 23.8 Å². The summed E-state index contributed by atoms with van der Waals surface area (Å²) < 4.78 is 4.99. The first-order chi connectivity index (χ1) is 26.8. The minimum absolute atomic E-state index is 0.648. The van der Waals surface area contributed by atoms with Crippen LogP contribution in [0.15, 0.2) is 176 Å². The van der Waals surface area contributed by atoms with Gasteiger partial charge in [-0.25, -0.2) is 15.0 Å². The molecule has 0 atom stereocenters. The Hall–Kier alpha value is -7.37. The highest BCUT2D eigenvalue weighted by atomic mass is 15.0. The summed E-state index contributed by atoms with van der Waals surface area (Å²) in [5.41, 5.74) is 12.5. The highest BCUT2D eigenvalue weighted by Crippen LogP contribution is 2.47. The van der Waals surface area contributed by atoms with Crippen LogP contribution in [-0.2, 0) is 0 Å². The molecule has 0 aliphatic heterocycles. The van der Waals surface area contributed by atoms with Crippen LogP contribution < -0.4 is 0 Å². The Morgan fingerprint density at radius 3 is 1.22 bits per heavy atom. The number of benzene rings is 8. The number of para-hydroxylation sites is 3. The molecule has 0 spiro atoms. The van der Waals surface area contributed by atoms with E-state index in [0.717, 1.165) is 27.8 Å². The molecule has 4 aromatic heterocycles. The first-order valence-electron chi connectivity index (χ1n) is 18.3. The van der Waals surface area contributed by atoms with Crippen molar-refractivity contribution in [3.63, 3.8) is 0 Å². The molecule has 12 aromatic rings. The summed E-state index contributed by atoms with van der Waals surface area (Å²) in [5, 5.41) is 7.72. The zero-order valence-corrected chi connectivity index (χ0v) is 29.0. The van der Waals surface area contributed by atoms with Crippen molar-refractivity contribution in [2.75, 3.05) is 0 Å². The smallest absolute Gasteiger partial charge is 0.164 e. The second-order valence-corrected chi connectivity index (χ2v) is 14.0. The van der Waals surface area contributed by atoms with E-state index in [2.05, 4.69) is 124 Å². The van der Waals surface area contributed by atoms with E-state index in [4.69, 9.17) is 15.0 Å². The fraction of sp³-hybridized carbons (Fsp3) is 0. The third-order valence-corrected chi connectivity index (χ3v) is 11.1. The van der Waals surface area contributed by atoms with E-state index in [1.807, 2.05) is 60.7 Å². The molecule has 5 nitrogen and oxygen atoms in total. The van der Waals surface area contributed by atoms with E-state index >= 15 is 0 Å². The summed E-state index contributed by atoms with van der Waals surface area (Å²) in [6.45, 7) is 0. The molecule has 5 heteroatoms. The van der Waals surface area contributed by atoms with Gasteiger partial charge in [-0.15, -0.1) is 0 Å². The molecule has 54 heavy (non-hydrogen) atoms. The van der Waals surface area contributed by atoms with E-state index in [9.17, 15) is 0 Å². The van der Waals surface area contributed by atoms with Gasteiger partial charge in [0.2, 0.25) is 0 Å². The summed E-state index contributed by atoms with van der Waals surface area (Å²) in [4.78, 5) is 14.8. The van der Waals surface area contributed by atoms with Crippen LogP contribution in [0.5, 0.6) is 0 Å². The molecule has 4 heterocycles. The third-order valence-electron chi connectivity index (χ3n) is 11.1. The first kappa shape index (κ1) is 29.2. The van der Waals surface area contributed by atoms with Gasteiger partial charge in [-0.1, -0.05) is 152 Å². The summed E-state index contributed by atoms with van der Waals surface area (Å²) in [6, 6.07) is 62.4. The molecule has 250 valence electrons. The Balaban J connectivity index is 1.07. The molecular weight excluding hydrogens is 659 g/mol. The number of fused-ring (bicyclic) bond motifs is 12. The Kier molecular flexibility index (Phi) is 5.99. The van der Waals surface area contributed by atoms with Crippen molar-refractivity contribution in [2.24, 2.45) is 0 Å². The molecule has 0 bridgehead atoms. The van der Waals surface area contributed by atoms with Crippen molar-refractivity contribution < 1.29 is 0 Å². The van der Waals surface area contributed by atoms with Gasteiger partial charge in [0.05, 0.1) is 33.1 Å². The number of rotatable bonds is 4. The van der Waals surface area contributed by atoms with Crippen LogP contribution in [0.1, 0.15) is 0 Å². The minimum Gasteiger partial charge on any atom is -0.305 e. The van der Waals surface area contributed by atoms with E-state index < -0.39 is 0 Å². The normalized spacial score (nSPS) is 12.1. The molecule has 0 unspecified atom stereocenters. The van der Waals surface area contributed by atoms with Gasteiger partial charge in [0, 0.05) is 38.2 Å². The molecule has 0 N–H and O–H groups in total. The van der Waals surface area contributed by atoms with E-state index in [-0.39, 0.29) is 0 Å². The number of hydrogen-bond acceptors (Lipinski definition) is 3. The van der Waals surface area contributed by atoms with Crippen molar-refractivity contribution in [3.8, 4) is 45.3 Å². The number of aromatic nitrogens is 5. The fourth-order valence-electron chi connectivity index (χ4n) is 8.71. The highest BCUT2D eigenvalue weighted by Gasteiger charge is 2.25. The summed E-state index contributed by atoms with van der Waals surface area (Å²) in [6.07, 6.45) is 0. The molecule has 0 saturated carbocycles. The Labute approximate surface area is 309 Å². The molecule has 0 radical (unpaired) electrons. The average Bonchev–Trinajstić information content (AvgIpc) is 3.78. The topological polar surface area (TPSA) is 47.5 Å². The van der Waals surface area contributed by atoms with E-state index in [1.165, 1.54) is 65.4 Å². The maximum atomic E-state index is 4.95. The molecule has 0 aliphatic rings. The van der Waals surface area contributed by atoms with Crippen LogP contribution in [0.25, 0.3) is 111 Å². The van der Waals surface area contributed by atoms with Crippen molar-refractivity contribution >= 4 is 65.4 Å². The van der Waals surface area contributed by atoms with E-state index in [1.54, 1.807) is 0 Å². The average molecular weight is 688 g/mol. The van der Waals surface area contributed by atoms with Crippen LogP contribution in [0.2, 0.25) is 0 Å². The highest BCUT2D eigenvalue weighted by molar-refractivity contribution is 6.37. The maximum absolute atomic E-state index is 4.95. The summed E-state index contributed by atoms with van der Waals surface area (Å²) in [5.74, 6) is 1.96. The molecular formula is C49H29N5. The lowest BCUT2D eigenvalue weighted by Crippen LogP contribution is -2.00. The van der Waals surface area contributed by atoms with Crippen LogP contribution in [-0.4, -0.2) is 23.8 Å². The monoisotopic (exact) mass is 687 g/mol. The van der Waals surface area contributed by atoms with Crippen molar-refractivity contribution in [1.29, 1.82) is 0 Å². The summed E-state index contributed by atoms with van der Waals surface area (Å²) in [7, 11) is 0. The van der Waals surface area contributed by atoms with Gasteiger partial charge in [-0.3, -0.25) is 0 Å². The van der Waals surface area contributed by atoms with Gasteiger partial charge in [-0.05, 0) is 46.2 Å². The van der Waals surface area contributed by atoms with E-state index in [0.29, 0.717) is 17.5 Å². The SMILES string of the molecule is c1ccc(-c2nc(-c3ccccc3)nc(-c3ccc(-c4ccc5c6c7ccccc7c7c8ccccc8n8c9ccccc9n(c5c4)c6c78)cc3)n2)cc1. The summed E-state index contributed by atoms with van der Waals surface area (Å²) >= 11 is 0. The largest absolute Gasteiger partial charge is 0.305 e. The van der Waals surface area contributed by atoms with Gasteiger partial charge in [0.15, 0.2) is 17.5 Å². The van der Waals surface area contributed by atoms with Gasteiger partial charge < -0.3 is 8.80 Å². The Morgan fingerprint density at radius 2 is 0.667 bits per heavy atom. The van der Waals surface area contributed by atoms with Gasteiger partial charge in [0.25, 0.3) is 0 Å². The molecule has 12 rings (SSSR count). The van der Waals surface area contributed by atoms with Gasteiger partial charge in [0.1, 0.15) is 0 Å². The van der Waals surface area contributed by atoms with Crippen LogP contribution in [0.4, 0.5) is 0 Å². The lowest BCUT2D eigenvalue weighted by molar-refractivity contribution is 1.07. The van der Waals surface area contributed by atoms with Crippen molar-refractivity contribution in [3.05, 3.63) is 176 Å². The maximum Gasteiger partial charge on any atom is 0.164 e. The van der Waals surface area contributed by atoms with Crippen LogP contribution in [0, 0.1) is 0 Å². The second kappa shape index (κ2) is 11.1. The zero-order chi connectivity index (χ0) is 35.3. The molecule has 8 aromatic carbocycles. The number of hydrogen-bond donors (Lipinski definition) is 0. The predicted molar refractivity (Wildman–Crippen MR) is 222 cm³/mol. The third kappa shape index (κ3) is 4.06. The molecule has 0 aliphatic carbocycles.